The maximum Gasteiger partial charge on any atom is 0.132 e. The summed E-state index contributed by atoms with van der Waals surface area (Å²) in [7, 11) is 0. The number of benzene rings is 1. The van der Waals surface area contributed by atoms with E-state index < -0.39 is 0 Å². The van der Waals surface area contributed by atoms with E-state index >= 15 is 0 Å². The molecule has 0 amide bonds. The quantitative estimate of drug-likeness (QED) is 0.834. The van der Waals surface area contributed by atoms with Gasteiger partial charge in [0.1, 0.15) is 11.6 Å². The molecule has 2 heterocycles. The van der Waals surface area contributed by atoms with Gasteiger partial charge in [-0.3, -0.25) is 0 Å². The largest absolute Gasteiger partial charge is 0.354 e. The molecule has 0 aliphatic carbocycles. The summed E-state index contributed by atoms with van der Waals surface area (Å²) in [6.45, 7) is 5.96. The van der Waals surface area contributed by atoms with Crippen molar-refractivity contribution in [1.82, 2.24) is 10.3 Å². The van der Waals surface area contributed by atoms with E-state index in [1.54, 1.807) is 6.07 Å². The summed E-state index contributed by atoms with van der Waals surface area (Å²) in [6.07, 6.45) is 0. The zero-order valence-corrected chi connectivity index (χ0v) is 10.4. The van der Waals surface area contributed by atoms with Gasteiger partial charge in [-0.25, -0.2) is 9.37 Å². The van der Waals surface area contributed by atoms with Gasteiger partial charge < -0.3 is 10.2 Å². The van der Waals surface area contributed by atoms with Crippen molar-refractivity contribution in [3.8, 4) is 0 Å². The molecule has 0 atom stereocenters. The van der Waals surface area contributed by atoms with E-state index in [1.165, 1.54) is 12.1 Å². The van der Waals surface area contributed by atoms with Gasteiger partial charge in [-0.15, -0.1) is 0 Å². The Kier molecular flexibility index (Phi) is 2.88. The first-order chi connectivity index (χ1) is 8.74. The molecule has 0 saturated carbocycles. The monoisotopic (exact) mass is 245 g/mol. The summed E-state index contributed by atoms with van der Waals surface area (Å²) in [5.41, 5.74) is 1.96. The lowest BCUT2D eigenvalue weighted by molar-refractivity contribution is 0.584. The second kappa shape index (κ2) is 4.53. The van der Waals surface area contributed by atoms with Gasteiger partial charge in [0.25, 0.3) is 0 Å². The van der Waals surface area contributed by atoms with Gasteiger partial charge in [-0.05, 0) is 36.8 Å². The van der Waals surface area contributed by atoms with Crippen LogP contribution in [0.1, 0.15) is 5.56 Å². The van der Waals surface area contributed by atoms with Crippen LogP contribution < -0.4 is 10.2 Å². The lowest BCUT2D eigenvalue weighted by Gasteiger charge is -2.29. The number of halogens is 1. The molecule has 1 aromatic heterocycles. The first kappa shape index (κ1) is 11.4. The zero-order valence-electron chi connectivity index (χ0n) is 10.4. The maximum atomic E-state index is 13.2. The number of pyridine rings is 1. The van der Waals surface area contributed by atoms with Crippen LogP contribution in [0.25, 0.3) is 10.9 Å². The highest BCUT2D eigenvalue weighted by molar-refractivity contribution is 5.81. The van der Waals surface area contributed by atoms with Crippen LogP contribution in [-0.4, -0.2) is 31.2 Å². The Morgan fingerprint density at radius 1 is 1.22 bits per heavy atom. The first-order valence-electron chi connectivity index (χ1n) is 6.26. The van der Waals surface area contributed by atoms with Gasteiger partial charge in [0.2, 0.25) is 0 Å². The second-order valence-corrected chi connectivity index (χ2v) is 4.70. The fourth-order valence-corrected chi connectivity index (χ4v) is 2.44. The highest BCUT2D eigenvalue weighted by Crippen LogP contribution is 2.23. The summed E-state index contributed by atoms with van der Waals surface area (Å²) in [6, 6.07) is 6.77. The van der Waals surface area contributed by atoms with Gasteiger partial charge in [0.05, 0.1) is 5.52 Å². The van der Waals surface area contributed by atoms with Gasteiger partial charge in [0, 0.05) is 31.6 Å². The van der Waals surface area contributed by atoms with E-state index in [0.717, 1.165) is 48.5 Å². The van der Waals surface area contributed by atoms with Crippen LogP contribution in [0.15, 0.2) is 24.3 Å². The number of piperazine rings is 1. The smallest absolute Gasteiger partial charge is 0.132 e. The molecule has 94 valence electrons. The summed E-state index contributed by atoms with van der Waals surface area (Å²) in [5, 5.41) is 4.20. The minimum absolute atomic E-state index is 0.210. The molecule has 0 unspecified atom stereocenters. The molecule has 1 aliphatic heterocycles. The average molecular weight is 245 g/mol. The Balaban J connectivity index is 2.06. The van der Waals surface area contributed by atoms with Crippen molar-refractivity contribution in [1.29, 1.82) is 0 Å². The van der Waals surface area contributed by atoms with E-state index in [9.17, 15) is 4.39 Å². The van der Waals surface area contributed by atoms with Crippen molar-refractivity contribution in [2.45, 2.75) is 6.92 Å². The third kappa shape index (κ3) is 2.04. The first-order valence-corrected chi connectivity index (χ1v) is 6.26. The third-order valence-electron chi connectivity index (χ3n) is 3.36. The SMILES string of the molecule is Cc1cc2cc(F)ccc2nc1N1CCNCC1. The predicted molar refractivity (Wildman–Crippen MR) is 71.5 cm³/mol. The van der Waals surface area contributed by atoms with Crippen LogP contribution >= 0.6 is 0 Å². The Hall–Kier alpha value is -1.68. The molecule has 0 spiro atoms. The average Bonchev–Trinajstić information content (AvgIpc) is 2.39. The van der Waals surface area contributed by atoms with Crippen molar-refractivity contribution in [2.75, 3.05) is 31.1 Å². The Morgan fingerprint density at radius 2 is 2.00 bits per heavy atom. The van der Waals surface area contributed by atoms with Gasteiger partial charge in [-0.1, -0.05) is 0 Å². The van der Waals surface area contributed by atoms with E-state index in [-0.39, 0.29) is 5.82 Å². The van der Waals surface area contributed by atoms with Crippen molar-refractivity contribution in [2.24, 2.45) is 0 Å². The third-order valence-corrected chi connectivity index (χ3v) is 3.36. The van der Waals surface area contributed by atoms with Crippen LogP contribution in [0.3, 0.4) is 0 Å². The molecule has 1 saturated heterocycles. The highest BCUT2D eigenvalue weighted by atomic mass is 19.1. The zero-order chi connectivity index (χ0) is 12.5. The lowest BCUT2D eigenvalue weighted by atomic mass is 10.1. The van der Waals surface area contributed by atoms with E-state index in [4.69, 9.17) is 0 Å². The van der Waals surface area contributed by atoms with Crippen molar-refractivity contribution >= 4 is 16.7 Å². The molecule has 3 rings (SSSR count). The fourth-order valence-electron chi connectivity index (χ4n) is 2.44. The summed E-state index contributed by atoms with van der Waals surface area (Å²) < 4.78 is 13.2. The summed E-state index contributed by atoms with van der Waals surface area (Å²) in [5.74, 6) is 0.814. The second-order valence-electron chi connectivity index (χ2n) is 4.70. The molecule has 1 N–H and O–H groups in total. The molecule has 18 heavy (non-hydrogen) atoms. The standard InChI is InChI=1S/C14H16FN3/c1-10-8-11-9-12(15)2-3-13(11)17-14(10)18-6-4-16-5-7-18/h2-3,8-9,16H,4-7H2,1H3. The molecule has 1 aromatic carbocycles. The molecule has 3 nitrogen and oxygen atoms in total. The number of nitrogens with one attached hydrogen (secondary N) is 1. The number of nitrogens with zero attached hydrogens (tertiary/aromatic N) is 2. The van der Waals surface area contributed by atoms with Crippen LogP contribution in [0.4, 0.5) is 10.2 Å². The van der Waals surface area contributed by atoms with Crippen molar-refractivity contribution < 1.29 is 4.39 Å². The van der Waals surface area contributed by atoms with E-state index in [0.29, 0.717) is 0 Å². The Labute approximate surface area is 106 Å². The molecule has 1 fully saturated rings. The molecule has 2 aromatic rings. The number of hydrogen-bond donors (Lipinski definition) is 1. The van der Waals surface area contributed by atoms with Crippen LogP contribution in [-0.2, 0) is 0 Å². The Morgan fingerprint density at radius 3 is 2.78 bits per heavy atom. The number of hydrogen-bond acceptors (Lipinski definition) is 3. The van der Waals surface area contributed by atoms with Crippen molar-refractivity contribution in [3.05, 3.63) is 35.6 Å². The lowest BCUT2D eigenvalue weighted by Crippen LogP contribution is -2.44. The van der Waals surface area contributed by atoms with Crippen molar-refractivity contribution in [3.63, 3.8) is 0 Å². The normalized spacial score (nSPS) is 16.2. The number of fused-ring (bicyclic) bond motifs is 1. The van der Waals surface area contributed by atoms with Gasteiger partial charge in [-0.2, -0.15) is 0 Å². The molecule has 4 heteroatoms. The number of aromatic nitrogens is 1. The molecule has 0 radical (unpaired) electrons. The number of anilines is 1. The minimum atomic E-state index is -0.210. The van der Waals surface area contributed by atoms with E-state index in [2.05, 4.69) is 15.2 Å². The molecule has 1 aliphatic rings. The predicted octanol–water partition coefficient (Wildman–Crippen LogP) is 2.09. The van der Waals surface area contributed by atoms with Gasteiger partial charge >= 0.3 is 0 Å². The number of rotatable bonds is 1. The van der Waals surface area contributed by atoms with Crippen LogP contribution in [0.2, 0.25) is 0 Å². The fraction of sp³-hybridized carbons (Fsp3) is 0.357. The highest BCUT2D eigenvalue weighted by Gasteiger charge is 2.14. The van der Waals surface area contributed by atoms with Crippen LogP contribution in [0.5, 0.6) is 0 Å². The molecular weight excluding hydrogens is 229 g/mol. The van der Waals surface area contributed by atoms with E-state index in [1.807, 2.05) is 13.0 Å². The summed E-state index contributed by atoms with van der Waals surface area (Å²) >= 11 is 0. The summed E-state index contributed by atoms with van der Waals surface area (Å²) in [4.78, 5) is 6.96. The van der Waals surface area contributed by atoms with Gasteiger partial charge in [0.15, 0.2) is 0 Å². The topological polar surface area (TPSA) is 28.2 Å². The molecular formula is C14H16FN3. The minimum Gasteiger partial charge on any atom is -0.354 e. The Bertz CT molecular complexity index is 577. The maximum absolute atomic E-state index is 13.2. The van der Waals surface area contributed by atoms with Crippen LogP contribution in [0, 0.1) is 12.7 Å². The molecule has 0 bridgehead atoms. The number of aryl methyl sites for hydroxylation is 1.